The zero-order valence-electron chi connectivity index (χ0n) is 11.0. The van der Waals surface area contributed by atoms with Crippen LogP contribution in [0.2, 0.25) is 0 Å². The van der Waals surface area contributed by atoms with Crippen molar-refractivity contribution < 1.29 is 9.53 Å². The summed E-state index contributed by atoms with van der Waals surface area (Å²) in [5.74, 6) is 0.510. The molecule has 1 rings (SSSR count). The zero-order chi connectivity index (χ0) is 12.2. The highest BCUT2D eigenvalue weighted by Gasteiger charge is 2.21. The molecule has 17 heavy (non-hydrogen) atoms. The molecule has 0 heterocycles. The van der Waals surface area contributed by atoms with Crippen LogP contribution in [0.3, 0.4) is 0 Å². The van der Waals surface area contributed by atoms with Gasteiger partial charge in [-0.2, -0.15) is 0 Å². The number of nitrogens with two attached hydrogens (primary N) is 1. The molecular weight excluding hydrogens is 240 g/mol. The molecule has 2 unspecified atom stereocenters. The van der Waals surface area contributed by atoms with E-state index in [1.54, 1.807) is 0 Å². The van der Waals surface area contributed by atoms with Crippen LogP contribution >= 0.6 is 12.4 Å². The highest BCUT2D eigenvalue weighted by molar-refractivity contribution is 5.85. The van der Waals surface area contributed by atoms with Gasteiger partial charge in [0.05, 0.1) is 0 Å². The van der Waals surface area contributed by atoms with E-state index in [9.17, 15) is 4.79 Å². The SMILES string of the molecule is CC(C)(C)OC(=O)NCC1CCCC(N)C1.Cl. The molecule has 0 aromatic carbocycles. The summed E-state index contributed by atoms with van der Waals surface area (Å²) in [5.41, 5.74) is 5.47. The fraction of sp³-hybridized carbons (Fsp3) is 0.917. The molecule has 2 atom stereocenters. The molecule has 0 saturated heterocycles. The van der Waals surface area contributed by atoms with Gasteiger partial charge in [0.1, 0.15) is 5.60 Å². The maximum Gasteiger partial charge on any atom is 0.407 e. The highest BCUT2D eigenvalue weighted by Crippen LogP contribution is 2.22. The van der Waals surface area contributed by atoms with E-state index in [4.69, 9.17) is 10.5 Å². The standard InChI is InChI=1S/C12H24N2O2.ClH/c1-12(2,3)16-11(15)14-8-9-5-4-6-10(13)7-9;/h9-10H,4-8,13H2,1-3H3,(H,14,15);1H. The number of ether oxygens (including phenoxy) is 1. The van der Waals surface area contributed by atoms with Crippen LogP contribution < -0.4 is 11.1 Å². The Hall–Kier alpha value is -0.480. The lowest BCUT2D eigenvalue weighted by molar-refractivity contribution is 0.0514. The lowest BCUT2D eigenvalue weighted by Crippen LogP contribution is -2.38. The molecule has 1 amide bonds. The summed E-state index contributed by atoms with van der Waals surface area (Å²) >= 11 is 0. The topological polar surface area (TPSA) is 64.3 Å². The van der Waals surface area contributed by atoms with Crippen LogP contribution in [0.25, 0.3) is 0 Å². The predicted octanol–water partition coefficient (Wildman–Crippen LogP) is 2.45. The average molecular weight is 265 g/mol. The maximum absolute atomic E-state index is 11.4. The van der Waals surface area contributed by atoms with E-state index >= 15 is 0 Å². The van der Waals surface area contributed by atoms with Crippen LogP contribution in [0, 0.1) is 5.92 Å². The van der Waals surface area contributed by atoms with Crippen molar-refractivity contribution in [2.75, 3.05) is 6.54 Å². The molecule has 0 aromatic heterocycles. The number of carbonyl (C=O) groups is 1. The molecule has 0 bridgehead atoms. The molecule has 1 aliphatic carbocycles. The van der Waals surface area contributed by atoms with E-state index in [1.165, 1.54) is 6.42 Å². The van der Waals surface area contributed by atoms with E-state index in [1.807, 2.05) is 20.8 Å². The van der Waals surface area contributed by atoms with Crippen molar-refractivity contribution in [2.45, 2.75) is 58.1 Å². The summed E-state index contributed by atoms with van der Waals surface area (Å²) in [7, 11) is 0. The first-order valence-corrected chi connectivity index (χ1v) is 6.09. The molecule has 0 radical (unpaired) electrons. The molecular formula is C12H25ClN2O2. The van der Waals surface area contributed by atoms with Gasteiger partial charge in [-0.05, 0) is 46.0 Å². The largest absolute Gasteiger partial charge is 0.444 e. The number of alkyl carbamates (subject to hydrolysis) is 1. The fourth-order valence-electron chi connectivity index (χ4n) is 2.06. The van der Waals surface area contributed by atoms with Crippen molar-refractivity contribution in [1.29, 1.82) is 0 Å². The molecule has 3 N–H and O–H groups in total. The first-order valence-electron chi connectivity index (χ1n) is 6.09. The molecule has 0 aromatic rings. The van der Waals surface area contributed by atoms with Gasteiger partial charge in [0.2, 0.25) is 0 Å². The Kier molecular flexibility index (Phi) is 6.87. The number of carbonyl (C=O) groups excluding carboxylic acids is 1. The summed E-state index contributed by atoms with van der Waals surface area (Å²) in [6.45, 7) is 6.28. The first-order chi connectivity index (χ1) is 7.37. The second-order valence-corrected chi connectivity index (χ2v) is 5.68. The summed E-state index contributed by atoms with van der Waals surface area (Å²) in [5, 5.41) is 2.81. The van der Waals surface area contributed by atoms with E-state index in [-0.39, 0.29) is 18.5 Å². The minimum absolute atomic E-state index is 0. The molecule has 1 saturated carbocycles. The summed E-state index contributed by atoms with van der Waals surface area (Å²) in [4.78, 5) is 11.4. The van der Waals surface area contributed by atoms with Crippen molar-refractivity contribution in [3.8, 4) is 0 Å². The predicted molar refractivity (Wildman–Crippen MR) is 71.4 cm³/mol. The number of hydrogen-bond donors (Lipinski definition) is 2. The highest BCUT2D eigenvalue weighted by atomic mass is 35.5. The Morgan fingerprint density at radius 3 is 2.59 bits per heavy atom. The average Bonchev–Trinajstić information content (AvgIpc) is 2.12. The van der Waals surface area contributed by atoms with Gasteiger partial charge in [-0.3, -0.25) is 0 Å². The summed E-state index contributed by atoms with van der Waals surface area (Å²) in [6.07, 6.45) is 4.12. The zero-order valence-corrected chi connectivity index (χ0v) is 11.8. The van der Waals surface area contributed by atoms with Gasteiger partial charge < -0.3 is 15.8 Å². The van der Waals surface area contributed by atoms with Gasteiger partial charge in [-0.15, -0.1) is 12.4 Å². The monoisotopic (exact) mass is 264 g/mol. The van der Waals surface area contributed by atoms with Crippen LogP contribution in [0.5, 0.6) is 0 Å². The lowest BCUT2D eigenvalue weighted by Gasteiger charge is -2.27. The van der Waals surface area contributed by atoms with Gasteiger partial charge in [-0.25, -0.2) is 4.79 Å². The van der Waals surface area contributed by atoms with Gasteiger partial charge >= 0.3 is 6.09 Å². The van der Waals surface area contributed by atoms with Crippen LogP contribution in [0.1, 0.15) is 46.5 Å². The van der Waals surface area contributed by atoms with Gasteiger partial charge in [-0.1, -0.05) is 6.42 Å². The van der Waals surface area contributed by atoms with Crippen LogP contribution in [-0.2, 0) is 4.74 Å². The van der Waals surface area contributed by atoms with Crippen molar-refractivity contribution in [3.63, 3.8) is 0 Å². The Morgan fingerprint density at radius 2 is 2.06 bits per heavy atom. The minimum atomic E-state index is -0.424. The Labute approximate surface area is 110 Å². The molecule has 102 valence electrons. The Bertz CT molecular complexity index is 241. The van der Waals surface area contributed by atoms with Crippen molar-refractivity contribution in [2.24, 2.45) is 11.7 Å². The summed E-state index contributed by atoms with van der Waals surface area (Å²) in [6, 6.07) is 0.305. The Balaban J connectivity index is 0.00000256. The third-order valence-electron chi connectivity index (χ3n) is 2.76. The van der Waals surface area contributed by atoms with Crippen molar-refractivity contribution >= 4 is 18.5 Å². The van der Waals surface area contributed by atoms with E-state index in [0.717, 1.165) is 19.3 Å². The van der Waals surface area contributed by atoms with Crippen molar-refractivity contribution in [3.05, 3.63) is 0 Å². The normalized spacial score (nSPS) is 24.7. The molecule has 0 aliphatic heterocycles. The maximum atomic E-state index is 11.4. The van der Waals surface area contributed by atoms with E-state index in [2.05, 4.69) is 5.32 Å². The number of amides is 1. The lowest BCUT2D eigenvalue weighted by atomic mass is 9.86. The van der Waals surface area contributed by atoms with E-state index in [0.29, 0.717) is 18.5 Å². The van der Waals surface area contributed by atoms with Crippen LogP contribution in [-0.4, -0.2) is 24.3 Å². The third kappa shape index (κ3) is 7.45. The second-order valence-electron chi connectivity index (χ2n) is 5.68. The number of nitrogens with one attached hydrogen (secondary N) is 1. The first kappa shape index (κ1) is 16.5. The number of halogens is 1. The number of hydrogen-bond acceptors (Lipinski definition) is 3. The minimum Gasteiger partial charge on any atom is -0.444 e. The third-order valence-corrected chi connectivity index (χ3v) is 2.76. The van der Waals surface area contributed by atoms with E-state index < -0.39 is 5.60 Å². The second kappa shape index (κ2) is 7.07. The fourth-order valence-corrected chi connectivity index (χ4v) is 2.06. The van der Waals surface area contributed by atoms with Gasteiger partial charge in [0, 0.05) is 12.6 Å². The molecule has 4 nitrogen and oxygen atoms in total. The van der Waals surface area contributed by atoms with Gasteiger partial charge in [0.25, 0.3) is 0 Å². The molecule has 5 heteroatoms. The Morgan fingerprint density at radius 1 is 1.41 bits per heavy atom. The quantitative estimate of drug-likeness (QED) is 0.805. The van der Waals surface area contributed by atoms with Crippen LogP contribution in [0.15, 0.2) is 0 Å². The molecule has 1 fully saturated rings. The number of rotatable bonds is 2. The molecule has 1 aliphatic rings. The smallest absolute Gasteiger partial charge is 0.407 e. The van der Waals surface area contributed by atoms with Crippen LogP contribution in [0.4, 0.5) is 4.79 Å². The van der Waals surface area contributed by atoms with Crippen molar-refractivity contribution in [1.82, 2.24) is 5.32 Å². The van der Waals surface area contributed by atoms with Gasteiger partial charge in [0.15, 0.2) is 0 Å². The summed E-state index contributed by atoms with van der Waals surface area (Å²) < 4.78 is 5.17. The molecule has 0 spiro atoms.